The van der Waals surface area contributed by atoms with Gasteiger partial charge in [0.15, 0.2) is 0 Å². The Kier molecular flexibility index (Phi) is 2.19. The minimum Gasteiger partial charge on any atom is -0.466 e. The van der Waals surface area contributed by atoms with Crippen LogP contribution in [0.3, 0.4) is 0 Å². The van der Waals surface area contributed by atoms with Crippen molar-refractivity contribution in [3.63, 3.8) is 0 Å². The highest BCUT2D eigenvalue weighted by Gasteiger charge is 2.55. The monoisotopic (exact) mass is 256 g/mol. The van der Waals surface area contributed by atoms with E-state index in [4.69, 9.17) is 4.74 Å². The molecule has 4 bridgehead atoms. The smallest absolute Gasteiger partial charge is 0.334 e. The fourth-order valence-electron chi connectivity index (χ4n) is 5.06. The molecular formula is C17H20O2. The molecule has 0 aromatic carbocycles. The fourth-order valence-corrected chi connectivity index (χ4v) is 5.06. The van der Waals surface area contributed by atoms with Crippen LogP contribution < -0.4 is 0 Å². The van der Waals surface area contributed by atoms with Crippen LogP contribution in [0.15, 0.2) is 33.9 Å². The molecule has 4 unspecified atom stereocenters. The molecule has 2 nitrogen and oxygen atoms in total. The predicted molar refractivity (Wildman–Crippen MR) is 73.3 cm³/mol. The zero-order valence-corrected chi connectivity index (χ0v) is 11.8. The van der Waals surface area contributed by atoms with Crippen molar-refractivity contribution in [1.82, 2.24) is 0 Å². The number of rotatable bonds is 1. The molecule has 4 rings (SSSR count). The summed E-state index contributed by atoms with van der Waals surface area (Å²) in [5.41, 5.74) is 7.08. The Bertz CT molecular complexity index is 572. The maximum absolute atomic E-state index is 12.0. The summed E-state index contributed by atoms with van der Waals surface area (Å²) in [5.74, 6) is 2.13. The number of hydrogen-bond donors (Lipinski definition) is 0. The van der Waals surface area contributed by atoms with Gasteiger partial charge in [-0.2, -0.15) is 0 Å². The summed E-state index contributed by atoms with van der Waals surface area (Å²) in [6.45, 7) is 4.38. The van der Waals surface area contributed by atoms with Gasteiger partial charge in [-0.25, -0.2) is 4.79 Å². The quantitative estimate of drug-likeness (QED) is 0.408. The maximum atomic E-state index is 12.0. The predicted octanol–water partition coefficient (Wildman–Crippen LogP) is 3.41. The largest absolute Gasteiger partial charge is 0.466 e. The molecule has 0 aromatic rings. The third-order valence-electron chi connectivity index (χ3n) is 5.59. The zero-order chi connectivity index (χ0) is 13.3. The lowest BCUT2D eigenvalue weighted by Gasteiger charge is -2.23. The van der Waals surface area contributed by atoms with E-state index in [0.717, 1.165) is 17.4 Å². The fraction of sp³-hybridized carbons (Fsp3) is 0.588. The molecule has 0 spiro atoms. The molecule has 0 saturated heterocycles. The van der Waals surface area contributed by atoms with E-state index < -0.39 is 0 Å². The molecular weight excluding hydrogens is 236 g/mol. The van der Waals surface area contributed by atoms with Gasteiger partial charge < -0.3 is 4.74 Å². The van der Waals surface area contributed by atoms with Crippen molar-refractivity contribution >= 4 is 5.97 Å². The highest BCUT2D eigenvalue weighted by atomic mass is 16.5. The van der Waals surface area contributed by atoms with Gasteiger partial charge in [0.2, 0.25) is 0 Å². The van der Waals surface area contributed by atoms with Gasteiger partial charge in [0.1, 0.15) is 0 Å². The number of carbonyl (C=O) groups is 1. The van der Waals surface area contributed by atoms with Gasteiger partial charge in [0.05, 0.1) is 7.11 Å². The van der Waals surface area contributed by atoms with Crippen molar-refractivity contribution in [3.8, 4) is 0 Å². The third kappa shape index (κ3) is 1.25. The van der Waals surface area contributed by atoms with Gasteiger partial charge in [-0.3, -0.25) is 0 Å². The second-order valence-corrected chi connectivity index (χ2v) is 6.60. The first-order valence-corrected chi connectivity index (χ1v) is 7.34. The van der Waals surface area contributed by atoms with Gasteiger partial charge in [-0.05, 0) is 50.5 Å². The molecule has 4 aliphatic rings. The van der Waals surface area contributed by atoms with Crippen molar-refractivity contribution < 1.29 is 9.53 Å². The Morgan fingerprint density at radius 3 is 2.53 bits per heavy atom. The summed E-state index contributed by atoms with van der Waals surface area (Å²) in [6, 6.07) is 0. The van der Waals surface area contributed by atoms with Crippen LogP contribution in [0.1, 0.15) is 33.1 Å². The van der Waals surface area contributed by atoms with Crippen molar-refractivity contribution in [2.45, 2.75) is 33.1 Å². The molecule has 0 heterocycles. The Labute approximate surface area is 114 Å². The van der Waals surface area contributed by atoms with Crippen LogP contribution in [-0.2, 0) is 9.53 Å². The lowest BCUT2D eigenvalue weighted by Crippen LogP contribution is -2.17. The Balaban J connectivity index is 1.84. The second kappa shape index (κ2) is 3.62. The topological polar surface area (TPSA) is 26.3 Å². The molecule has 4 atom stereocenters. The minimum absolute atomic E-state index is 0.124. The molecule has 0 aromatic heterocycles. The molecule has 0 aliphatic heterocycles. The van der Waals surface area contributed by atoms with Crippen LogP contribution in [0.4, 0.5) is 0 Å². The van der Waals surface area contributed by atoms with E-state index in [2.05, 4.69) is 19.9 Å². The Hall–Kier alpha value is -1.31. The summed E-state index contributed by atoms with van der Waals surface area (Å²) in [5, 5.41) is 0. The molecule has 1 fully saturated rings. The number of ether oxygens (including phenoxy) is 1. The minimum atomic E-state index is -0.124. The Morgan fingerprint density at radius 2 is 1.89 bits per heavy atom. The van der Waals surface area contributed by atoms with Gasteiger partial charge in [-0.15, -0.1) is 0 Å². The molecule has 0 radical (unpaired) electrons. The summed E-state index contributed by atoms with van der Waals surface area (Å²) in [6.07, 6.45) is 6.23. The normalized spacial score (nSPS) is 37.8. The van der Waals surface area contributed by atoms with Gasteiger partial charge >= 0.3 is 5.97 Å². The van der Waals surface area contributed by atoms with Crippen LogP contribution in [0.2, 0.25) is 0 Å². The summed E-state index contributed by atoms with van der Waals surface area (Å²) < 4.78 is 4.99. The number of allylic oxidation sites excluding steroid dienone is 5. The summed E-state index contributed by atoms with van der Waals surface area (Å²) >= 11 is 0. The standard InChI is InChI=1S/C17H20O2/c1-8(2)13-11-7-12(17(18)19-3)16(13)15-10-5-4-9(6-10)14(11)15/h7,9-11,16H,4-6H2,1-3H3. The van der Waals surface area contributed by atoms with E-state index in [1.165, 1.54) is 37.5 Å². The van der Waals surface area contributed by atoms with Gasteiger partial charge in [0, 0.05) is 17.4 Å². The van der Waals surface area contributed by atoms with Gasteiger partial charge in [0.25, 0.3) is 0 Å². The van der Waals surface area contributed by atoms with Crippen molar-refractivity contribution in [3.05, 3.63) is 33.9 Å². The molecule has 2 heteroatoms. The van der Waals surface area contributed by atoms with E-state index in [-0.39, 0.29) is 11.9 Å². The summed E-state index contributed by atoms with van der Waals surface area (Å²) in [4.78, 5) is 12.0. The maximum Gasteiger partial charge on any atom is 0.334 e. The molecule has 1 saturated carbocycles. The average Bonchev–Trinajstić information content (AvgIpc) is 3.12. The number of hydrogen-bond acceptors (Lipinski definition) is 2. The van der Waals surface area contributed by atoms with E-state index in [9.17, 15) is 4.79 Å². The van der Waals surface area contributed by atoms with E-state index in [0.29, 0.717) is 5.92 Å². The molecule has 0 N–H and O–H groups in total. The summed E-state index contributed by atoms with van der Waals surface area (Å²) in [7, 11) is 1.49. The molecule has 0 amide bonds. The van der Waals surface area contributed by atoms with Crippen molar-refractivity contribution in [2.75, 3.05) is 7.11 Å². The average molecular weight is 256 g/mol. The van der Waals surface area contributed by atoms with Crippen LogP contribution in [0.25, 0.3) is 0 Å². The number of fused-ring (bicyclic) bond motifs is 8. The van der Waals surface area contributed by atoms with Crippen LogP contribution >= 0.6 is 0 Å². The van der Waals surface area contributed by atoms with Gasteiger partial charge in [-0.1, -0.05) is 22.8 Å². The molecule has 100 valence electrons. The van der Waals surface area contributed by atoms with Crippen LogP contribution in [0.5, 0.6) is 0 Å². The van der Waals surface area contributed by atoms with E-state index >= 15 is 0 Å². The van der Waals surface area contributed by atoms with E-state index in [1.807, 2.05) is 0 Å². The molecule has 19 heavy (non-hydrogen) atoms. The number of methoxy groups -OCH3 is 1. The van der Waals surface area contributed by atoms with Crippen LogP contribution in [-0.4, -0.2) is 13.1 Å². The highest BCUT2D eigenvalue weighted by Crippen LogP contribution is 2.65. The SMILES string of the molecule is COC(=O)C1=CC2C3=C(C4CCC3C4)C1C2=C(C)C. The first-order chi connectivity index (χ1) is 9.13. The van der Waals surface area contributed by atoms with Crippen LogP contribution in [0, 0.1) is 23.7 Å². The lowest BCUT2D eigenvalue weighted by molar-refractivity contribution is -0.136. The molecule has 4 aliphatic carbocycles. The highest BCUT2D eigenvalue weighted by molar-refractivity contribution is 5.93. The third-order valence-corrected chi connectivity index (χ3v) is 5.59. The number of esters is 1. The van der Waals surface area contributed by atoms with Crippen molar-refractivity contribution in [1.29, 1.82) is 0 Å². The Morgan fingerprint density at radius 1 is 1.21 bits per heavy atom. The second-order valence-electron chi connectivity index (χ2n) is 6.60. The zero-order valence-electron chi connectivity index (χ0n) is 11.8. The first kappa shape index (κ1) is 11.5. The lowest BCUT2D eigenvalue weighted by atomic mass is 9.82. The first-order valence-electron chi connectivity index (χ1n) is 7.34. The van der Waals surface area contributed by atoms with E-state index in [1.54, 1.807) is 11.1 Å². The number of carbonyl (C=O) groups excluding carboxylic acids is 1. The van der Waals surface area contributed by atoms with Crippen molar-refractivity contribution in [2.24, 2.45) is 23.7 Å².